The number of hydrogen-bond donors (Lipinski definition) is 2. The average Bonchev–Trinajstić information content (AvgIpc) is 3.27. The van der Waals surface area contributed by atoms with Crippen LogP contribution in [0.15, 0.2) is 65.1 Å². The predicted molar refractivity (Wildman–Crippen MR) is 121 cm³/mol. The maximum absolute atomic E-state index is 12.1. The van der Waals surface area contributed by atoms with E-state index in [2.05, 4.69) is 15.8 Å². The van der Waals surface area contributed by atoms with Crippen molar-refractivity contribution < 1.29 is 14.3 Å². The molecular formula is C22H20ClN3O3S. The molecule has 2 amide bonds. The number of ether oxygens (including phenoxy) is 1. The highest BCUT2D eigenvalue weighted by Crippen LogP contribution is 2.21. The Labute approximate surface area is 183 Å². The Morgan fingerprint density at radius 2 is 1.90 bits per heavy atom. The molecule has 0 saturated carbocycles. The summed E-state index contributed by atoms with van der Waals surface area (Å²) in [6.45, 7) is 3.48. The SMILES string of the molecule is CC(=NNC(=O)COc1ccc(Cl)cc1C)c1ccc(NC(=O)c2cccs2)cc1. The van der Waals surface area contributed by atoms with Crippen LogP contribution in [0.2, 0.25) is 5.02 Å². The third kappa shape index (κ3) is 5.92. The zero-order chi connectivity index (χ0) is 21.5. The summed E-state index contributed by atoms with van der Waals surface area (Å²) in [6.07, 6.45) is 0. The summed E-state index contributed by atoms with van der Waals surface area (Å²) in [5.41, 5.74) is 5.45. The van der Waals surface area contributed by atoms with E-state index in [0.717, 1.165) is 11.1 Å². The van der Waals surface area contributed by atoms with Gasteiger partial charge >= 0.3 is 0 Å². The zero-order valence-electron chi connectivity index (χ0n) is 16.4. The number of thiophene rings is 1. The summed E-state index contributed by atoms with van der Waals surface area (Å²) in [5.74, 6) is 0.0743. The van der Waals surface area contributed by atoms with Crippen LogP contribution in [-0.4, -0.2) is 24.1 Å². The van der Waals surface area contributed by atoms with E-state index in [-0.39, 0.29) is 18.4 Å². The fraction of sp³-hybridized carbons (Fsp3) is 0.136. The molecule has 0 fully saturated rings. The standard InChI is InChI=1S/C22H20ClN3O3S/c1-14-12-17(23)7-10-19(14)29-13-21(27)26-25-15(2)16-5-8-18(9-6-16)24-22(28)20-4-3-11-30-20/h3-12H,13H2,1-2H3,(H,24,28)(H,26,27). The molecule has 6 nitrogen and oxygen atoms in total. The van der Waals surface area contributed by atoms with Crippen molar-refractivity contribution in [2.45, 2.75) is 13.8 Å². The van der Waals surface area contributed by atoms with Crippen molar-refractivity contribution in [3.05, 3.63) is 81.0 Å². The molecule has 1 heterocycles. The van der Waals surface area contributed by atoms with Crippen LogP contribution in [0.3, 0.4) is 0 Å². The van der Waals surface area contributed by atoms with Gasteiger partial charge in [0, 0.05) is 10.7 Å². The maximum atomic E-state index is 12.1. The summed E-state index contributed by atoms with van der Waals surface area (Å²) >= 11 is 7.29. The van der Waals surface area contributed by atoms with Gasteiger partial charge in [-0.1, -0.05) is 29.8 Å². The minimum absolute atomic E-state index is 0.147. The van der Waals surface area contributed by atoms with Gasteiger partial charge in [-0.25, -0.2) is 5.43 Å². The lowest BCUT2D eigenvalue weighted by Gasteiger charge is -2.09. The first-order chi connectivity index (χ1) is 14.4. The van der Waals surface area contributed by atoms with Gasteiger partial charge in [-0.3, -0.25) is 9.59 Å². The third-order valence-electron chi connectivity index (χ3n) is 4.15. The first-order valence-corrected chi connectivity index (χ1v) is 10.4. The Balaban J connectivity index is 1.52. The summed E-state index contributed by atoms with van der Waals surface area (Å²) < 4.78 is 5.50. The fourth-order valence-electron chi connectivity index (χ4n) is 2.56. The molecule has 2 N–H and O–H groups in total. The Morgan fingerprint density at radius 1 is 1.13 bits per heavy atom. The van der Waals surface area contributed by atoms with Gasteiger partial charge in [0.2, 0.25) is 0 Å². The second-order valence-corrected chi connectivity index (χ2v) is 7.82. The van der Waals surface area contributed by atoms with Crippen molar-refractivity contribution in [2.75, 3.05) is 11.9 Å². The molecular weight excluding hydrogens is 422 g/mol. The molecule has 1 aromatic heterocycles. The predicted octanol–water partition coefficient (Wildman–Crippen LogP) is 4.88. The smallest absolute Gasteiger partial charge is 0.277 e. The summed E-state index contributed by atoms with van der Waals surface area (Å²) in [7, 11) is 0. The molecule has 0 aliphatic carbocycles. The number of nitrogens with zero attached hydrogens (tertiary/aromatic N) is 1. The molecule has 0 saturated heterocycles. The van der Waals surface area contributed by atoms with E-state index in [1.165, 1.54) is 11.3 Å². The normalized spacial score (nSPS) is 11.1. The van der Waals surface area contributed by atoms with Gasteiger partial charge in [-0.2, -0.15) is 5.10 Å². The molecule has 30 heavy (non-hydrogen) atoms. The lowest BCUT2D eigenvalue weighted by atomic mass is 10.1. The molecule has 2 aromatic carbocycles. The summed E-state index contributed by atoms with van der Waals surface area (Å²) in [6, 6.07) is 16.0. The van der Waals surface area contributed by atoms with Crippen LogP contribution < -0.4 is 15.5 Å². The van der Waals surface area contributed by atoms with E-state index < -0.39 is 0 Å². The summed E-state index contributed by atoms with van der Waals surface area (Å²) in [5, 5.41) is 9.41. The largest absolute Gasteiger partial charge is 0.483 e. The van der Waals surface area contributed by atoms with Crippen molar-refractivity contribution in [3.63, 3.8) is 0 Å². The van der Waals surface area contributed by atoms with Crippen LogP contribution in [0, 0.1) is 6.92 Å². The van der Waals surface area contributed by atoms with Crippen LogP contribution in [0.1, 0.15) is 27.7 Å². The number of carbonyl (C=O) groups excluding carboxylic acids is 2. The van der Waals surface area contributed by atoms with E-state index in [0.29, 0.717) is 27.0 Å². The average molecular weight is 442 g/mol. The second-order valence-electron chi connectivity index (χ2n) is 6.44. The zero-order valence-corrected chi connectivity index (χ0v) is 18.0. The van der Waals surface area contributed by atoms with Crippen molar-refractivity contribution in [1.82, 2.24) is 5.43 Å². The van der Waals surface area contributed by atoms with Crippen molar-refractivity contribution >= 4 is 46.2 Å². The number of carbonyl (C=O) groups is 2. The monoisotopic (exact) mass is 441 g/mol. The van der Waals surface area contributed by atoms with Gasteiger partial charge < -0.3 is 10.1 Å². The number of hydrogen-bond acceptors (Lipinski definition) is 5. The first-order valence-electron chi connectivity index (χ1n) is 9.10. The van der Waals surface area contributed by atoms with E-state index in [1.54, 1.807) is 43.3 Å². The van der Waals surface area contributed by atoms with Crippen LogP contribution in [0.4, 0.5) is 5.69 Å². The van der Waals surface area contributed by atoms with E-state index >= 15 is 0 Å². The second kappa shape index (κ2) is 10.0. The Bertz CT molecular complexity index is 1060. The Morgan fingerprint density at radius 3 is 2.57 bits per heavy atom. The molecule has 0 aliphatic rings. The molecule has 8 heteroatoms. The Hall–Kier alpha value is -3.16. The van der Waals surface area contributed by atoms with Crippen molar-refractivity contribution in [3.8, 4) is 5.75 Å². The highest BCUT2D eigenvalue weighted by molar-refractivity contribution is 7.12. The number of halogens is 1. The molecule has 154 valence electrons. The highest BCUT2D eigenvalue weighted by Gasteiger charge is 2.08. The molecule has 0 atom stereocenters. The lowest BCUT2D eigenvalue weighted by molar-refractivity contribution is -0.123. The van der Waals surface area contributed by atoms with Crippen molar-refractivity contribution in [2.24, 2.45) is 5.10 Å². The van der Waals surface area contributed by atoms with Gasteiger partial charge in [0.1, 0.15) is 5.75 Å². The molecule has 0 unspecified atom stereocenters. The number of amides is 2. The highest BCUT2D eigenvalue weighted by atomic mass is 35.5. The quantitative estimate of drug-likeness (QED) is 0.405. The molecule has 0 aliphatic heterocycles. The minimum atomic E-state index is -0.372. The van der Waals surface area contributed by atoms with Gasteiger partial charge in [-0.05, 0) is 66.8 Å². The number of rotatable bonds is 7. The number of nitrogens with one attached hydrogen (secondary N) is 2. The summed E-state index contributed by atoms with van der Waals surface area (Å²) in [4.78, 5) is 24.7. The maximum Gasteiger partial charge on any atom is 0.277 e. The van der Waals surface area contributed by atoms with Crippen molar-refractivity contribution in [1.29, 1.82) is 0 Å². The molecule has 0 bridgehead atoms. The molecule has 3 aromatic rings. The van der Waals surface area contributed by atoms with Crippen LogP contribution in [-0.2, 0) is 4.79 Å². The lowest BCUT2D eigenvalue weighted by Crippen LogP contribution is -2.25. The van der Waals surface area contributed by atoms with E-state index in [1.807, 2.05) is 30.5 Å². The molecule has 3 rings (SSSR count). The first kappa shape index (κ1) is 21.5. The van der Waals surface area contributed by atoms with Gasteiger partial charge in [0.25, 0.3) is 11.8 Å². The fourth-order valence-corrected chi connectivity index (χ4v) is 3.40. The minimum Gasteiger partial charge on any atom is -0.483 e. The number of aryl methyl sites for hydroxylation is 1. The topological polar surface area (TPSA) is 79.8 Å². The Kier molecular flexibility index (Phi) is 7.21. The van der Waals surface area contributed by atoms with Gasteiger partial charge in [0.05, 0.1) is 10.6 Å². The third-order valence-corrected chi connectivity index (χ3v) is 5.25. The number of benzene rings is 2. The van der Waals surface area contributed by atoms with E-state index in [9.17, 15) is 9.59 Å². The number of anilines is 1. The molecule has 0 spiro atoms. The van der Waals surface area contributed by atoms with E-state index in [4.69, 9.17) is 16.3 Å². The molecule has 0 radical (unpaired) electrons. The van der Waals surface area contributed by atoms with Crippen LogP contribution in [0.25, 0.3) is 0 Å². The van der Waals surface area contributed by atoms with Crippen LogP contribution >= 0.6 is 22.9 Å². The van der Waals surface area contributed by atoms with Crippen LogP contribution in [0.5, 0.6) is 5.75 Å². The van der Waals surface area contributed by atoms with Gasteiger partial charge in [0.15, 0.2) is 6.61 Å². The number of hydrazone groups is 1. The van der Waals surface area contributed by atoms with Gasteiger partial charge in [-0.15, -0.1) is 11.3 Å².